The zero-order valence-electron chi connectivity index (χ0n) is 18.3. The van der Waals surface area contributed by atoms with Gasteiger partial charge in [-0.2, -0.15) is 0 Å². The summed E-state index contributed by atoms with van der Waals surface area (Å²) in [4.78, 5) is 9.64. The fourth-order valence-electron chi connectivity index (χ4n) is 3.50. The van der Waals surface area contributed by atoms with Crippen molar-refractivity contribution >= 4 is 12.4 Å². The Morgan fingerprint density at radius 2 is 0.824 bits per heavy atom. The maximum atomic E-state index is 12.2. The standard InChI is InChI=1S/C28H24N2O2.O.V/c31-25-17-9-7-15-23(25)19-29-27(21-11-3-1-4-12-21)28(22-13-5-2-6-14-22)30-20-24-16-8-10-18-26(24)32;;/h1-20,27-28,31-32H;;/q;-2;+4/p-2/t27-,28+;;. The molecule has 0 bridgehead atoms. The van der Waals surface area contributed by atoms with Crippen molar-refractivity contribution in [3.8, 4) is 11.5 Å². The predicted molar refractivity (Wildman–Crippen MR) is 126 cm³/mol. The molecule has 6 heteroatoms. The summed E-state index contributed by atoms with van der Waals surface area (Å²) in [6.07, 6.45) is 3.24. The fraction of sp³-hybridized carbons (Fsp3) is 0.0714. The summed E-state index contributed by atoms with van der Waals surface area (Å²) in [5.41, 5.74) is 2.98. The molecule has 0 aliphatic rings. The van der Waals surface area contributed by atoms with Crippen molar-refractivity contribution in [2.75, 3.05) is 0 Å². The molecule has 1 radical (unpaired) electrons. The van der Waals surface area contributed by atoms with E-state index in [0.29, 0.717) is 11.1 Å². The van der Waals surface area contributed by atoms with Crippen molar-refractivity contribution in [1.29, 1.82) is 0 Å². The van der Waals surface area contributed by atoms with Gasteiger partial charge < -0.3 is 15.7 Å². The number of rotatable bonds is 7. The Kier molecular flexibility index (Phi) is 10.3. The van der Waals surface area contributed by atoms with Gasteiger partial charge in [-0.3, -0.25) is 9.98 Å². The van der Waals surface area contributed by atoms with E-state index in [1.54, 1.807) is 36.7 Å². The fourth-order valence-corrected chi connectivity index (χ4v) is 3.50. The second-order valence-corrected chi connectivity index (χ2v) is 7.34. The predicted octanol–water partition coefficient (Wildman–Crippen LogP) is 4.73. The molecule has 0 amide bonds. The molecule has 34 heavy (non-hydrogen) atoms. The molecule has 0 heterocycles. The minimum Gasteiger partial charge on any atom is -2.00 e. The normalized spacial score (nSPS) is 12.6. The molecule has 2 atom stereocenters. The van der Waals surface area contributed by atoms with Crippen LogP contribution in [0.15, 0.2) is 119 Å². The third kappa shape index (κ3) is 6.69. The van der Waals surface area contributed by atoms with Gasteiger partial charge in [-0.15, -0.1) is 11.5 Å². The molecule has 4 rings (SSSR count). The Morgan fingerprint density at radius 1 is 0.500 bits per heavy atom. The SMILES string of the molecule is [O-2].[O-]c1ccccc1C=N[C@H](c1ccccc1)[C@@H](N=Cc1ccccc1[O-])c1ccccc1.[V+4]. The second-order valence-electron chi connectivity index (χ2n) is 7.34. The van der Waals surface area contributed by atoms with Gasteiger partial charge in [0.1, 0.15) is 12.1 Å². The Labute approximate surface area is 211 Å². The molecule has 0 unspecified atom stereocenters. The average molecular weight is 485 g/mol. The third-order valence-electron chi connectivity index (χ3n) is 5.17. The summed E-state index contributed by atoms with van der Waals surface area (Å²) >= 11 is 0. The van der Waals surface area contributed by atoms with E-state index in [1.807, 2.05) is 72.8 Å². The Hall–Kier alpha value is -3.64. The summed E-state index contributed by atoms with van der Waals surface area (Å²) in [5, 5.41) is 24.4. The number of nitrogens with zero attached hydrogens (tertiary/aromatic N) is 2. The molecular weight excluding hydrogens is 463 g/mol. The van der Waals surface area contributed by atoms with Crippen molar-refractivity contribution in [2.45, 2.75) is 12.1 Å². The summed E-state index contributed by atoms with van der Waals surface area (Å²) in [5.74, 6) is -0.161. The molecule has 0 aliphatic heterocycles. The van der Waals surface area contributed by atoms with E-state index in [2.05, 4.69) is 0 Å². The van der Waals surface area contributed by atoms with E-state index in [0.717, 1.165) is 11.1 Å². The molecule has 0 fully saturated rings. The molecule has 0 N–H and O–H groups in total. The Bertz CT molecular complexity index is 1120. The van der Waals surface area contributed by atoms with Crippen LogP contribution in [0, 0.1) is 0 Å². The van der Waals surface area contributed by atoms with Crippen molar-refractivity contribution in [3.05, 3.63) is 131 Å². The van der Waals surface area contributed by atoms with Crippen LogP contribution < -0.4 is 10.2 Å². The van der Waals surface area contributed by atoms with Gasteiger partial charge in [-0.1, -0.05) is 109 Å². The molecule has 4 aromatic rings. The quantitative estimate of drug-likeness (QED) is 0.354. The third-order valence-corrected chi connectivity index (χ3v) is 5.17. The molecule has 0 spiro atoms. The van der Waals surface area contributed by atoms with Gasteiger partial charge in [0.15, 0.2) is 0 Å². The first-order chi connectivity index (χ1) is 15.7. The first-order valence-electron chi connectivity index (χ1n) is 10.4. The van der Waals surface area contributed by atoms with Gasteiger partial charge in [0, 0.05) is 12.4 Å². The number of hydrogen-bond acceptors (Lipinski definition) is 4. The molecule has 167 valence electrons. The number of benzene rings is 4. The zero-order valence-corrected chi connectivity index (χ0v) is 19.7. The minimum absolute atomic E-state index is 0. The first-order valence-corrected chi connectivity index (χ1v) is 10.4. The van der Waals surface area contributed by atoms with Crippen molar-refractivity contribution in [1.82, 2.24) is 0 Å². The second kappa shape index (κ2) is 13.2. The van der Waals surface area contributed by atoms with Gasteiger partial charge in [0.25, 0.3) is 0 Å². The Morgan fingerprint density at radius 3 is 1.18 bits per heavy atom. The summed E-state index contributed by atoms with van der Waals surface area (Å²) in [6.45, 7) is 0. The maximum Gasteiger partial charge on any atom is 4.00 e. The van der Waals surface area contributed by atoms with Gasteiger partial charge in [-0.05, 0) is 22.3 Å². The average Bonchev–Trinajstić information content (AvgIpc) is 2.84. The molecule has 4 aromatic carbocycles. The molecule has 0 aliphatic carbocycles. The van der Waals surface area contributed by atoms with Crippen LogP contribution in [0.25, 0.3) is 0 Å². The van der Waals surface area contributed by atoms with Crippen molar-refractivity contribution < 1.29 is 34.2 Å². The summed E-state index contributed by atoms with van der Waals surface area (Å²) in [6, 6.07) is 32.6. The monoisotopic (exact) mass is 485 g/mol. The zero-order chi connectivity index (χ0) is 22.2. The summed E-state index contributed by atoms with van der Waals surface area (Å²) < 4.78 is 0. The van der Waals surface area contributed by atoms with Gasteiger partial charge >= 0.3 is 18.6 Å². The van der Waals surface area contributed by atoms with Crippen LogP contribution >= 0.6 is 0 Å². The number of hydrogen-bond donors (Lipinski definition) is 0. The Balaban J connectivity index is 0.00000204. The maximum absolute atomic E-state index is 12.2. The first kappa shape index (κ1) is 26.6. The largest absolute Gasteiger partial charge is 4.00 e. The summed E-state index contributed by atoms with van der Waals surface area (Å²) in [7, 11) is 0. The van der Waals surface area contributed by atoms with E-state index in [4.69, 9.17) is 9.98 Å². The number of aliphatic imine (C=N–C) groups is 2. The van der Waals surface area contributed by atoms with Crippen LogP contribution in [0.2, 0.25) is 0 Å². The van der Waals surface area contributed by atoms with E-state index < -0.39 is 0 Å². The van der Waals surface area contributed by atoms with E-state index in [9.17, 15) is 10.2 Å². The number of para-hydroxylation sites is 2. The van der Waals surface area contributed by atoms with Crippen LogP contribution in [-0.4, -0.2) is 12.4 Å². The molecule has 0 aromatic heterocycles. The van der Waals surface area contributed by atoms with E-state index in [-0.39, 0.29) is 47.6 Å². The molecular formula is C28H22N2O3V. The van der Waals surface area contributed by atoms with Gasteiger partial charge in [0.2, 0.25) is 0 Å². The topological polar surface area (TPSA) is 99.3 Å². The molecule has 5 nitrogen and oxygen atoms in total. The smallest absolute Gasteiger partial charge is 2.00 e. The minimum atomic E-state index is -0.381. The molecule has 0 saturated heterocycles. The van der Waals surface area contributed by atoms with Crippen LogP contribution in [-0.2, 0) is 24.0 Å². The van der Waals surface area contributed by atoms with Crippen molar-refractivity contribution in [3.63, 3.8) is 0 Å². The van der Waals surface area contributed by atoms with E-state index in [1.165, 1.54) is 12.1 Å². The van der Waals surface area contributed by atoms with E-state index >= 15 is 0 Å². The van der Waals surface area contributed by atoms with Crippen LogP contribution in [0.3, 0.4) is 0 Å². The van der Waals surface area contributed by atoms with Gasteiger partial charge in [0.05, 0.1) is 0 Å². The van der Waals surface area contributed by atoms with Crippen LogP contribution in [0.4, 0.5) is 0 Å². The van der Waals surface area contributed by atoms with Gasteiger partial charge in [-0.25, -0.2) is 0 Å². The van der Waals surface area contributed by atoms with Crippen molar-refractivity contribution in [2.24, 2.45) is 9.98 Å². The molecule has 0 saturated carbocycles. The van der Waals surface area contributed by atoms with Crippen LogP contribution in [0.1, 0.15) is 34.3 Å². The van der Waals surface area contributed by atoms with Crippen LogP contribution in [0.5, 0.6) is 11.5 Å².